The second-order valence-electron chi connectivity index (χ2n) is 13.0. The second kappa shape index (κ2) is 29.3. The van der Waals surface area contributed by atoms with Crippen LogP contribution in [0.15, 0.2) is 36.5 Å². The van der Waals surface area contributed by atoms with Gasteiger partial charge in [0.25, 0.3) is 0 Å². The van der Waals surface area contributed by atoms with Crippen LogP contribution in [-0.2, 0) is 14.3 Å². The Morgan fingerprint density at radius 2 is 1.30 bits per heavy atom. The summed E-state index contributed by atoms with van der Waals surface area (Å²) in [6.45, 7) is 3.52. The van der Waals surface area contributed by atoms with E-state index in [1.807, 2.05) is 13.0 Å². The van der Waals surface area contributed by atoms with Crippen LogP contribution in [-0.4, -0.2) is 87.5 Å². The lowest BCUT2D eigenvalue weighted by molar-refractivity contribution is -0.302. The molecule has 1 rings (SSSR count). The number of unbranched alkanes of at least 4 members (excludes halogenated alkanes) is 15. The molecule has 9 nitrogen and oxygen atoms in total. The summed E-state index contributed by atoms with van der Waals surface area (Å²) in [5.74, 6) is -0.196. The molecular weight excluding hydrogens is 598 g/mol. The molecule has 47 heavy (non-hydrogen) atoms. The Hall–Kier alpha value is -1.59. The number of ether oxygens (including phenoxy) is 2. The number of hydrogen-bond donors (Lipinski definition) is 6. The van der Waals surface area contributed by atoms with Crippen molar-refractivity contribution >= 4 is 5.91 Å². The van der Waals surface area contributed by atoms with Gasteiger partial charge in [0.1, 0.15) is 24.4 Å². The molecule has 1 aliphatic heterocycles. The number of allylic oxidation sites excluding steroid dienone is 5. The van der Waals surface area contributed by atoms with Crippen molar-refractivity contribution in [3.63, 3.8) is 0 Å². The van der Waals surface area contributed by atoms with Gasteiger partial charge in [-0.25, -0.2) is 0 Å². The molecule has 1 saturated heterocycles. The van der Waals surface area contributed by atoms with Gasteiger partial charge in [-0.2, -0.15) is 0 Å². The first kappa shape index (κ1) is 43.4. The SMILES string of the molecule is CCC/C=C/C(O)C(COC1OC(CO)C(O)C(O)C1O)NC(=O)CCCCCCCCCCC/C=C\C/C=C\CCCCCCC. The predicted molar refractivity (Wildman–Crippen MR) is 189 cm³/mol. The smallest absolute Gasteiger partial charge is 0.220 e. The molecule has 9 heteroatoms. The molecule has 0 aromatic heterocycles. The molecule has 7 atom stereocenters. The Morgan fingerprint density at radius 1 is 0.723 bits per heavy atom. The van der Waals surface area contributed by atoms with Crippen molar-refractivity contribution < 1.29 is 39.8 Å². The summed E-state index contributed by atoms with van der Waals surface area (Å²) in [6.07, 6.45) is 27.1. The minimum atomic E-state index is -1.56. The zero-order valence-corrected chi connectivity index (χ0v) is 29.5. The van der Waals surface area contributed by atoms with Gasteiger partial charge in [-0.05, 0) is 44.9 Å². The summed E-state index contributed by atoms with van der Waals surface area (Å²) in [5, 5.41) is 53.2. The van der Waals surface area contributed by atoms with Crippen molar-refractivity contribution in [3.8, 4) is 0 Å². The molecule has 0 radical (unpaired) electrons. The molecule has 274 valence electrons. The van der Waals surface area contributed by atoms with Crippen LogP contribution in [0.1, 0.15) is 142 Å². The first-order valence-corrected chi connectivity index (χ1v) is 18.7. The normalized spacial score (nSPS) is 23.3. The number of hydrogen-bond acceptors (Lipinski definition) is 8. The highest BCUT2D eigenvalue weighted by Crippen LogP contribution is 2.22. The zero-order chi connectivity index (χ0) is 34.5. The lowest BCUT2D eigenvalue weighted by Gasteiger charge is -2.40. The van der Waals surface area contributed by atoms with E-state index in [1.54, 1.807) is 6.08 Å². The molecule has 0 bridgehead atoms. The molecule has 1 aliphatic rings. The number of rotatable bonds is 29. The van der Waals surface area contributed by atoms with Gasteiger partial charge in [0.15, 0.2) is 6.29 Å². The molecule has 0 aliphatic carbocycles. The van der Waals surface area contributed by atoms with E-state index < -0.39 is 49.5 Å². The van der Waals surface area contributed by atoms with Gasteiger partial charge >= 0.3 is 0 Å². The Balaban J connectivity index is 2.19. The molecule has 0 aromatic carbocycles. The lowest BCUT2D eigenvalue weighted by atomic mass is 9.99. The van der Waals surface area contributed by atoms with Crippen molar-refractivity contribution in [1.82, 2.24) is 5.32 Å². The van der Waals surface area contributed by atoms with Gasteiger partial charge in [-0.3, -0.25) is 4.79 Å². The highest BCUT2D eigenvalue weighted by molar-refractivity contribution is 5.76. The minimum absolute atomic E-state index is 0.195. The number of aliphatic hydroxyl groups is 5. The third kappa shape index (κ3) is 21.2. The number of carbonyl (C=O) groups excluding carboxylic acids is 1. The first-order chi connectivity index (χ1) is 22.8. The summed E-state index contributed by atoms with van der Waals surface area (Å²) in [6, 6.07) is -0.801. The van der Waals surface area contributed by atoms with Gasteiger partial charge in [-0.15, -0.1) is 0 Å². The second-order valence-corrected chi connectivity index (χ2v) is 13.0. The van der Waals surface area contributed by atoms with E-state index in [9.17, 15) is 30.3 Å². The van der Waals surface area contributed by atoms with E-state index in [4.69, 9.17) is 9.47 Å². The largest absolute Gasteiger partial charge is 0.394 e. The Kier molecular flexibility index (Phi) is 27.1. The highest BCUT2D eigenvalue weighted by atomic mass is 16.7. The summed E-state index contributed by atoms with van der Waals surface area (Å²) in [4.78, 5) is 12.7. The fourth-order valence-corrected chi connectivity index (χ4v) is 5.60. The van der Waals surface area contributed by atoms with Crippen LogP contribution < -0.4 is 5.32 Å². The fourth-order valence-electron chi connectivity index (χ4n) is 5.60. The number of amides is 1. The van der Waals surface area contributed by atoms with Crippen molar-refractivity contribution in [3.05, 3.63) is 36.5 Å². The number of nitrogens with one attached hydrogen (secondary N) is 1. The van der Waals surface area contributed by atoms with Gasteiger partial charge in [0, 0.05) is 6.42 Å². The minimum Gasteiger partial charge on any atom is -0.394 e. The molecule has 1 amide bonds. The monoisotopic (exact) mass is 668 g/mol. The Morgan fingerprint density at radius 3 is 1.87 bits per heavy atom. The average Bonchev–Trinajstić information content (AvgIpc) is 3.07. The van der Waals surface area contributed by atoms with Crippen LogP contribution in [0.4, 0.5) is 0 Å². The van der Waals surface area contributed by atoms with Crippen LogP contribution in [0, 0.1) is 0 Å². The van der Waals surface area contributed by atoms with E-state index in [0.29, 0.717) is 6.42 Å². The van der Waals surface area contributed by atoms with Crippen LogP contribution in [0.25, 0.3) is 0 Å². The summed E-state index contributed by atoms with van der Waals surface area (Å²) >= 11 is 0. The van der Waals surface area contributed by atoms with Crippen molar-refractivity contribution in [2.75, 3.05) is 13.2 Å². The van der Waals surface area contributed by atoms with Crippen molar-refractivity contribution in [2.45, 2.75) is 185 Å². The van der Waals surface area contributed by atoms with Crippen molar-refractivity contribution in [1.29, 1.82) is 0 Å². The zero-order valence-electron chi connectivity index (χ0n) is 29.5. The fraction of sp³-hybridized carbons (Fsp3) is 0.816. The molecule has 6 N–H and O–H groups in total. The molecule has 0 aromatic rings. The van der Waals surface area contributed by atoms with E-state index in [2.05, 4.69) is 36.5 Å². The van der Waals surface area contributed by atoms with Crippen LogP contribution in [0.5, 0.6) is 0 Å². The summed E-state index contributed by atoms with van der Waals surface area (Å²) in [7, 11) is 0. The molecule has 0 saturated carbocycles. The van der Waals surface area contributed by atoms with Crippen LogP contribution in [0.3, 0.4) is 0 Å². The van der Waals surface area contributed by atoms with E-state index in [0.717, 1.165) is 38.5 Å². The first-order valence-electron chi connectivity index (χ1n) is 18.7. The van der Waals surface area contributed by atoms with Gasteiger partial charge < -0.3 is 40.3 Å². The number of aliphatic hydroxyl groups excluding tert-OH is 5. The molecular formula is C38H69NO8. The third-order valence-corrected chi connectivity index (χ3v) is 8.69. The summed E-state index contributed by atoms with van der Waals surface area (Å²) < 4.78 is 11.0. The Labute approximate surface area is 285 Å². The standard InChI is InChI=1S/C38H69NO8/c1-3-5-7-8-9-10-11-12-13-14-15-16-17-18-19-20-21-22-23-24-26-28-34(42)39-31(32(41)27-25-6-4-2)30-46-38-37(45)36(44)35(43)33(29-40)47-38/h11-12,14-15,25,27,31-33,35-38,40-41,43-45H,3-10,13,16-24,26,28-30H2,1-2H3,(H,39,42)/b12-11-,15-14-,27-25+. The quantitative estimate of drug-likeness (QED) is 0.0411. The maximum absolute atomic E-state index is 12.7. The predicted octanol–water partition coefficient (Wildman–Crippen LogP) is 6.16. The van der Waals surface area contributed by atoms with Crippen LogP contribution in [0.2, 0.25) is 0 Å². The topological polar surface area (TPSA) is 149 Å². The molecule has 1 fully saturated rings. The molecule has 7 unspecified atom stereocenters. The maximum atomic E-state index is 12.7. The highest BCUT2D eigenvalue weighted by Gasteiger charge is 2.44. The Bertz CT molecular complexity index is 833. The molecule has 1 heterocycles. The van der Waals surface area contributed by atoms with Gasteiger partial charge in [0.2, 0.25) is 5.91 Å². The average molecular weight is 668 g/mol. The van der Waals surface area contributed by atoms with E-state index in [1.165, 1.54) is 83.5 Å². The number of carbonyl (C=O) groups is 1. The van der Waals surface area contributed by atoms with Gasteiger partial charge in [-0.1, -0.05) is 127 Å². The van der Waals surface area contributed by atoms with E-state index >= 15 is 0 Å². The maximum Gasteiger partial charge on any atom is 0.220 e. The third-order valence-electron chi connectivity index (χ3n) is 8.69. The van der Waals surface area contributed by atoms with Gasteiger partial charge in [0.05, 0.1) is 25.4 Å². The van der Waals surface area contributed by atoms with Crippen molar-refractivity contribution in [2.24, 2.45) is 0 Å². The lowest BCUT2D eigenvalue weighted by Crippen LogP contribution is -2.60. The molecule has 0 spiro atoms. The summed E-state index contributed by atoms with van der Waals surface area (Å²) in [5.41, 5.74) is 0. The van der Waals surface area contributed by atoms with Crippen LogP contribution >= 0.6 is 0 Å². The van der Waals surface area contributed by atoms with E-state index in [-0.39, 0.29) is 12.5 Å².